The Labute approximate surface area is 112 Å². The Balaban J connectivity index is 3.17. The second kappa shape index (κ2) is 6.18. The van der Waals surface area contributed by atoms with Crippen molar-refractivity contribution in [3.05, 3.63) is 33.8 Å². The van der Waals surface area contributed by atoms with Crippen molar-refractivity contribution >= 4 is 15.9 Å². The molecule has 0 saturated heterocycles. The van der Waals surface area contributed by atoms with Crippen molar-refractivity contribution in [2.24, 2.45) is 11.8 Å². The Morgan fingerprint density at radius 1 is 1.35 bits per heavy atom. The molecule has 0 aliphatic carbocycles. The van der Waals surface area contributed by atoms with Crippen LogP contribution in [-0.2, 0) is 0 Å². The summed E-state index contributed by atoms with van der Waals surface area (Å²) in [6.45, 7) is 6.26. The van der Waals surface area contributed by atoms with Gasteiger partial charge in [0.1, 0.15) is 0 Å². The van der Waals surface area contributed by atoms with E-state index in [9.17, 15) is 5.26 Å². The molecule has 1 N–H and O–H groups in total. The molecular weight excluding hydrogens is 276 g/mol. The predicted octanol–water partition coefficient (Wildman–Crippen LogP) is 3.81. The number of aryl methyl sites for hydroxylation is 1. The summed E-state index contributed by atoms with van der Waals surface area (Å²) in [6.07, 6.45) is 0. The Bertz CT molecular complexity index is 421. The first kappa shape index (κ1) is 14.2. The average molecular weight is 295 g/mol. The van der Waals surface area contributed by atoms with Gasteiger partial charge in [-0.05, 0) is 43.1 Å². The number of hydrogen-bond acceptors (Lipinski definition) is 2. The number of nitriles is 1. The molecule has 0 saturated carbocycles. The molecule has 2 unspecified atom stereocenters. The molecule has 0 heterocycles. The van der Waals surface area contributed by atoms with Crippen molar-refractivity contribution in [2.45, 2.75) is 26.8 Å². The van der Waals surface area contributed by atoms with Gasteiger partial charge in [0, 0.05) is 10.5 Å². The molecule has 2 atom stereocenters. The summed E-state index contributed by atoms with van der Waals surface area (Å²) >= 11 is 3.49. The summed E-state index contributed by atoms with van der Waals surface area (Å²) in [5.41, 5.74) is 2.41. The van der Waals surface area contributed by atoms with E-state index in [1.807, 2.05) is 13.1 Å². The van der Waals surface area contributed by atoms with Crippen LogP contribution >= 0.6 is 15.9 Å². The number of benzene rings is 1. The topological polar surface area (TPSA) is 35.8 Å². The molecule has 1 aromatic carbocycles. The number of rotatable bonds is 4. The normalized spacial score (nSPS) is 14.4. The predicted molar refractivity (Wildman–Crippen MR) is 74.6 cm³/mol. The van der Waals surface area contributed by atoms with E-state index in [0.717, 1.165) is 4.47 Å². The highest BCUT2D eigenvalue weighted by molar-refractivity contribution is 9.10. The smallest absolute Gasteiger partial charge is 0.0681 e. The zero-order valence-electron chi connectivity index (χ0n) is 10.8. The fourth-order valence-electron chi connectivity index (χ4n) is 2.08. The van der Waals surface area contributed by atoms with Gasteiger partial charge in [-0.25, -0.2) is 0 Å². The first-order valence-corrected chi connectivity index (χ1v) is 6.63. The summed E-state index contributed by atoms with van der Waals surface area (Å²) in [4.78, 5) is 0. The molecular formula is C14H19BrN2. The van der Waals surface area contributed by atoms with Gasteiger partial charge >= 0.3 is 0 Å². The van der Waals surface area contributed by atoms with Crippen LogP contribution in [0.4, 0.5) is 0 Å². The third kappa shape index (κ3) is 3.31. The molecule has 3 heteroatoms. The van der Waals surface area contributed by atoms with Crippen LogP contribution in [0, 0.1) is 30.1 Å². The third-order valence-corrected chi connectivity index (χ3v) is 3.61. The zero-order valence-corrected chi connectivity index (χ0v) is 12.4. The van der Waals surface area contributed by atoms with Crippen LogP contribution in [0.25, 0.3) is 0 Å². The largest absolute Gasteiger partial charge is 0.312 e. The lowest BCUT2D eigenvalue weighted by Gasteiger charge is -2.26. The fourth-order valence-corrected chi connectivity index (χ4v) is 2.46. The van der Waals surface area contributed by atoms with E-state index in [-0.39, 0.29) is 12.0 Å². The van der Waals surface area contributed by atoms with E-state index in [2.05, 4.69) is 60.2 Å². The second-order valence-corrected chi connectivity index (χ2v) is 5.58. The third-order valence-electron chi connectivity index (χ3n) is 3.11. The van der Waals surface area contributed by atoms with Gasteiger partial charge in [0.05, 0.1) is 12.0 Å². The number of nitrogens with zero attached hydrogens (tertiary/aromatic N) is 1. The number of halogens is 1. The van der Waals surface area contributed by atoms with E-state index in [1.54, 1.807) is 0 Å². The van der Waals surface area contributed by atoms with Crippen LogP contribution < -0.4 is 5.32 Å². The van der Waals surface area contributed by atoms with Crippen molar-refractivity contribution in [1.82, 2.24) is 5.32 Å². The molecule has 2 nitrogen and oxygen atoms in total. The Morgan fingerprint density at radius 3 is 2.47 bits per heavy atom. The van der Waals surface area contributed by atoms with Crippen molar-refractivity contribution in [3.8, 4) is 6.07 Å². The van der Waals surface area contributed by atoms with Crippen LogP contribution in [-0.4, -0.2) is 7.05 Å². The molecule has 0 aliphatic rings. The van der Waals surface area contributed by atoms with Gasteiger partial charge in [-0.2, -0.15) is 5.26 Å². The molecule has 0 aliphatic heterocycles. The molecule has 1 aromatic rings. The lowest BCUT2D eigenvalue weighted by molar-refractivity contribution is 0.362. The highest BCUT2D eigenvalue weighted by Gasteiger charge is 2.25. The van der Waals surface area contributed by atoms with Gasteiger partial charge in [0.15, 0.2) is 0 Å². The lowest BCUT2D eigenvalue weighted by Crippen LogP contribution is -2.28. The molecule has 17 heavy (non-hydrogen) atoms. The SMILES string of the molecule is CNC(c1cc(Br)ccc1C)C(C#N)C(C)C. The zero-order chi connectivity index (χ0) is 13.0. The van der Waals surface area contributed by atoms with Gasteiger partial charge in [-0.1, -0.05) is 35.8 Å². The highest BCUT2D eigenvalue weighted by atomic mass is 79.9. The maximum Gasteiger partial charge on any atom is 0.0681 e. The summed E-state index contributed by atoms with van der Waals surface area (Å²) in [7, 11) is 1.91. The van der Waals surface area contributed by atoms with E-state index in [4.69, 9.17) is 0 Å². The molecule has 0 fully saturated rings. The van der Waals surface area contributed by atoms with E-state index in [1.165, 1.54) is 11.1 Å². The summed E-state index contributed by atoms with van der Waals surface area (Å²) in [5, 5.41) is 12.6. The fraction of sp³-hybridized carbons (Fsp3) is 0.500. The number of nitrogens with one attached hydrogen (secondary N) is 1. The minimum absolute atomic E-state index is 0.0204. The average Bonchev–Trinajstić information content (AvgIpc) is 2.28. The highest BCUT2D eigenvalue weighted by Crippen LogP contribution is 2.31. The Kier molecular flexibility index (Phi) is 5.17. The minimum Gasteiger partial charge on any atom is -0.312 e. The van der Waals surface area contributed by atoms with Crippen LogP contribution in [0.3, 0.4) is 0 Å². The second-order valence-electron chi connectivity index (χ2n) is 4.67. The summed E-state index contributed by atoms with van der Waals surface area (Å²) in [6, 6.07) is 8.71. The van der Waals surface area contributed by atoms with Crippen LogP contribution in [0.5, 0.6) is 0 Å². The molecule has 0 spiro atoms. The lowest BCUT2D eigenvalue weighted by atomic mass is 9.84. The van der Waals surface area contributed by atoms with Crippen LogP contribution in [0.15, 0.2) is 22.7 Å². The maximum atomic E-state index is 9.32. The van der Waals surface area contributed by atoms with Crippen LogP contribution in [0.2, 0.25) is 0 Å². The van der Waals surface area contributed by atoms with Gasteiger partial charge in [0.25, 0.3) is 0 Å². The van der Waals surface area contributed by atoms with Crippen molar-refractivity contribution in [1.29, 1.82) is 5.26 Å². The standard InChI is InChI=1S/C14H19BrN2/c1-9(2)13(8-16)14(17-4)12-7-11(15)6-5-10(12)3/h5-7,9,13-14,17H,1-4H3. The molecule has 0 radical (unpaired) electrons. The van der Waals surface area contributed by atoms with Crippen molar-refractivity contribution in [3.63, 3.8) is 0 Å². The first-order valence-electron chi connectivity index (χ1n) is 5.84. The maximum absolute atomic E-state index is 9.32. The molecule has 0 bridgehead atoms. The Hall–Kier alpha value is -0.850. The Morgan fingerprint density at radius 2 is 2.00 bits per heavy atom. The minimum atomic E-state index is -0.0204. The monoisotopic (exact) mass is 294 g/mol. The molecule has 0 aromatic heterocycles. The van der Waals surface area contributed by atoms with Gasteiger partial charge in [-0.15, -0.1) is 0 Å². The van der Waals surface area contributed by atoms with Gasteiger partial charge in [-0.3, -0.25) is 0 Å². The van der Waals surface area contributed by atoms with E-state index >= 15 is 0 Å². The first-order chi connectivity index (χ1) is 8.01. The quantitative estimate of drug-likeness (QED) is 0.916. The van der Waals surface area contributed by atoms with Gasteiger partial charge < -0.3 is 5.32 Å². The van der Waals surface area contributed by atoms with Crippen molar-refractivity contribution < 1.29 is 0 Å². The van der Waals surface area contributed by atoms with Crippen LogP contribution in [0.1, 0.15) is 31.0 Å². The number of hydrogen-bond donors (Lipinski definition) is 1. The van der Waals surface area contributed by atoms with Gasteiger partial charge in [0.2, 0.25) is 0 Å². The summed E-state index contributed by atoms with van der Waals surface area (Å²) < 4.78 is 1.05. The van der Waals surface area contributed by atoms with E-state index < -0.39 is 0 Å². The van der Waals surface area contributed by atoms with E-state index in [0.29, 0.717) is 5.92 Å². The molecule has 92 valence electrons. The molecule has 1 rings (SSSR count). The van der Waals surface area contributed by atoms with Crippen molar-refractivity contribution in [2.75, 3.05) is 7.05 Å². The molecule has 0 amide bonds. The summed E-state index contributed by atoms with van der Waals surface area (Å²) in [5.74, 6) is 0.309.